The molecule has 1 atom stereocenters. The van der Waals surface area contributed by atoms with Crippen molar-refractivity contribution in [1.82, 2.24) is 10.3 Å². The number of thiazole rings is 1. The molecule has 2 aromatic rings. The summed E-state index contributed by atoms with van der Waals surface area (Å²) in [5.41, 5.74) is -0.309. The number of benzene rings is 1. The van der Waals surface area contributed by atoms with Crippen LogP contribution in [0.2, 0.25) is 0 Å². The Morgan fingerprint density at radius 1 is 1.35 bits per heavy atom. The van der Waals surface area contributed by atoms with Gasteiger partial charge in [-0.25, -0.2) is 4.98 Å². The molecule has 1 aromatic carbocycles. The zero-order valence-corrected chi connectivity index (χ0v) is 13.7. The molecule has 0 aliphatic rings. The molecular formula is C16H18N2O4S. The number of hydrogen-bond acceptors (Lipinski definition) is 5. The van der Waals surface area contributed by atoms with Gasteiger partial charge < -0.3 is 15.2 Å². The maximum atomic E-state index is 12.2. The molecule has 0 fully saturated rings. The highest BCUT2D eigenvalue weighted by molar-refractivity contribution is 7.09. The monoisotopic (exact) mass is 334 g/mol. The van der Waals surface area contributed by atoms with E-state index in [4.69, 9.17) is 4.74 Å². The van der Waals surface area contributed by atoms with E-state index in [2.05, 4.69) is 10.3 Å². The van der Waals surface area contributed by atoms with Gasteiger partial charge in [0.1, 0.15) is 16.1 Å². The van der Waals surface area contributed by atoms with Crippen LogP contribution in [0.3, 0.4) is 0 Å². The van der Waals surface area contributed by atoms with Gasteiger partial charge in [0.15, 0.2) is 0 Å². The standard InChI is InChI=1S/C16H18N2O4S/c1-16(15(20)21,11-6-4-3-5-7-11)10-17-14(19)12-9-23-13(18-12)8-22-2/h3-7,9H,8,10H2,1-2H3,(H,17,19)(H,20,21). The number of carboxylic acid groups (broad SMARTS) is 1. The quantitative estimate of drug-likeness (QED) is 0.809. The number of carbonyl (C=O) groups is 2. The van der Waals surface area contributed by atoms with Crippen molar-refractivity contribution < 1.29 is 19.4 Å². The summed E-state index contributed by atoms with van der Waals surface area (Å²) in [5.74, 6) is -1.39. The molecule has 0 saturated heterocycles. The summed E-state index contributed by atoms with van der Waals surface area (Å²) >= 11 is 1.33. The Bertz CT molecular complexity index is 686. The number of nitrogens with one attached hydrogen (secondary N) is 1. The molecule has 0 bridgehead atoms. The largest absolute Gasteiger partial charge is 0.481 e. The summed E-state index contributed by atoms with van der Waals surface area (Å²) < 4.78 is 4.96. The van der Waals surface area contributed by atoms with Gasteiger partial charge in [-0.3, -0.25) is 9.59 Å². The van der Waals surface area contributed by atoms with E-state index in [1.54, 1.807) is 43.7 Å². The first-order valence-corrected chi connectivity index (χ1v) is 7.86. The van der Waals surface area contributed by atoms with Crippen LogP contribution < -0.4 is 5.32 Å². The number of nitrogens with zero attached hydrogens (tertiary/aromatic N) is 1. The van der Waals surface area contributed by atoms with Gasteiger partial charge in [0.05, 0.1) is 6.61 Å². The van der Waals surface area contributed by atoms with Crippen LogP contribution in [-0.4, -0.2) is 35.6 Å². The third-order valence-corrected chi connectivity index (χ3v) is 4.36. The summed E-state index contributed by atoms with van der Waals surface area (Å²) in [6, 6.07) is 8.84. The van der Waals surface area contributed by atoms with Gasteiger partial charge in [-0.1, -0.05) is 30.3 Å². The number of rotatable bonds is 7. The fraction of sp³-hybridized carbons (Fsp3) is 0.312. The molecule has 23 heavy (non-hydrogen) atoms. The molecule has 2 rings (SSSR count). The molecule has 0 aliphatic carbocycles. The maximum absolute atomic E-state index is 12.2. The molecule has 122 valence electrons. The Kier molecular flexibility index (Phi) is 5.46. The highest BCUT2D eigenvalue weighted by Gasteiger charge is 2.35. The lowest BCUT2D eigenvalue weighted by molar-refractivity contribution is -0.142. The smallest absolute Gasteiger partial charge is 0.315 e. The highest BCUT2D eigenvalue weighted by atomic mass is 32.1. The molecule has 1 amide bonds. The second-order valence-corrected chi connectivity index (χ2v) is 6.19. The molecular weight excluding hydrogens is 316 g/mol. The summed E-state index contributed by atoms with van der Waals surface area (Å²) in [7, 11) is 1.55. The second kappa shape index (κ2) is 7.34. The minimum Gasteiger partial charge on any atom is -0.481 e. The van der Waals surface area contributed by atoms with Crippen LogP contribution in [0.25, 0.3) is 0 Å². The van der Waals surface area contributed by atoms with Crippen molar-refractivity contribution >= 4 is 23.2 Å². The van der Waals surface area contributed by atoms with Crippen molar-refractivity contribution in [3.8, 4) is 0 Å². The second-order valence-electron chi connectivity index (χ2n) is 5.25. The lowest BCUT2D eigenvalue weighted by Crippen LogP contribution is -2.44. The topological polar surface area (TPSA) is 88.5 Å². The van der Waals surface area contributed by atoms with Crippen LogP contribution in [0.5, 0.6) is 0 Å². The van der Waals surface area contributed by atoms with Crippen molar-refractivity contribution in [2.24, 2.45) is 0 Å². The minimum atomic E-state index is -1.21. The van der Waals surface area contributed by atoms with Gasteiger partial charge in [-0.15, -0.1) is 11.3 Å². The number of amides is 1. The van der Waals surface area contributed by atoms with E-state index in [1.807, 2.05) is 6.07 Å². The van der Waals surface area contributed by atoms with Crippen molar-refractivity contribution in [3.05, 3.63) is 52.0 Å². The van der Waals surface area contributed by atoms with Crippen LogP contribution in [0.4, 0.5) is 0 Å². The van der Waals surface area contributed by atoms with Crippen LogP contribution in [-0.2, 0) is 21.6 Å². The Labute approximate surface area is 138 Å². The molecule has 7 heteroatoms. The van der Waals surface area contributed by atoms with Gasteiger partial charge in [-0.2, -0.15) is 0 Å². The van der Waals surface area contributed by atoms with Crippen molar-refractivity contribution in [1.29, 1.82) is 0 Å². The molecule has 0 radical (unpaired) electrons. The molecule has 1 heterocycles. The summed E-state index contributed by atoms with van der Waals surface area (Å²) in [5, 5.41) is 14.5. The van der Waals surface area contributed by atoms with E-state index in [0.29, 0.717) is 17.2 Å². The van der Waals surface area contributed by atoms with E-state index in [1.165, 1.54) is 11.3 Å². The average molecular weight is 334 g/mol. The Morgan fingerprint density at radius 2 is 2.04 bits per heavy atom. The number of ether oxygens (including phenoxy) is 1. The number of aromatic nitrogens is 1. The zero-order chi connectivity index (χ0) is 16.9. The zero-order valence-electron chi connectivity index (χ0n) is 12.9. The van der Waals surface area contributed by atoms with Crippen LogP contribution >= 0.6 is 11.3 Å². The van der Waals surface area contributed by atoms with Gasteiger partial charge in [0, 0.05) is 19.0 Å². The number of methoxy groups -OCH3 is 1. The first kappa shape index (κ1) is 17.1. The summed E-state index contributed by atoms with van der Waals surface area (Å²) in [6.45, 7) is 1.90. The third-order valence-electron chi connectivity index (χ3n) is 3.54. The minimum absolute atomic E-state index is 0.0255. The number of hydrogen-bond donors (Lipinski definition) is 2. The Morgan fingerprint density at radius 3 is 2.65 bits per heavy atom. The Balaban J connectivity index is 2.09. The summed E-state index contributed by atoms with van der Waals surface area (Å²) in [6.07, 6.45) is 0. The van der Waals surface area contributed by atoms with Gasteiger partial charge >= 0.3 is 5.97 Å². The van der Waals surface area contributed by atoms with E-state index in [-0.39, 0.29) is 12.2 Å². The van der Waals surface area contributed by atoms with Gasteiger partial charge in [-0.05, 0) is 12.5 Å². The fourth-order valence-corrected chi connectivity index (χ4v) is 2.80. The predicted molar refractivity (Wildman–Crippen MR) is 86.6 cm³/mol. The number of carboxylic acids is 1. The molecule has 0 spiro atoms. The van der Waals surface area contributed by atoms with Crippen molar-refractivity contribution in [2.45, 2.75) is 18.9 Å². The number of carbonyl (C=O) groups excluding carboxylic acids is 1. The van der Waals surface area contributed by atoms with E-state index >= 15 is 0 Å². The van der Waals surface area contributed by atoms with Crippen LogP contribution in [0.15, 0.2) is 35.7 Å². The maximum Gasteiger partial charge on any atom is 0.315 e. The Hall–Kier alpha value is -2.25. The normalized spacial score (nSPS) is 13.3. The fourth-order valence-electron chi connectivity index (χ4n) is 2.06. The first-order chi connectivity index (χ1) is 11.0. The predicted octanol–water partition coefficient (Wildman–Crippen LogP) is 2.06. The number of aliphatic carboxylic acids is 1. The summed E-state index contributed by atoms with van der Waals surface area (Å²) in [4.78, 5) is 28.0. The highest BCUT2D eigenvalue weighted by Crippen LogP contribution is 2.23. The lowest BCUT2D eigenvalue weighted by Gasteiger charge is -2.25. The van der Waals surface area contributed by atoms with Gasteiger partial charge in [0.2, 0.25) is 0 Å². The van der Waals surface area contributed by atoms with E-state index < -0.39 is 17.3 Å². The molecule has 0 saturated carbocycles. The molecule has 1 unspecified atom stereocenters. The van der Waals surface area contributed by atoms with E-state index in [0.717, 1.165) is 0 Å². The van der Waals surface area contributed by atoms with Crippen molar-refractivity contribution in [2.75, 3.05) is 13.7 Å². The van der Waals surface area contributed by atoms with Crippen molar-refractivity contribution in [3.63, 3.8) is 0 Å². The molecule has 6 nitrogen and oxygen atoms in total. The molecule has 2 N–H and O–H groups in total. The SMILES string of the molecule is COCc1nc(C(=O)NCC(C)(C(=O)O)c2ccccc2)cs1. The van der Waals surface area contributed by atoms with Crippen LogP contribution in [0, 0.1) is 0 Å². The molecule has 0 aliphatic heterocycles. The third kappa shape index (κ3) is 3.94. The lowest BCUT2D eigenvalue weighted by atomic mass is 9.82. The van der Waals surface area contributed by atoms with E-state index in [9.17, 15) is 14.7 Å². The van der Waals surface area contributed by atoms with Crippen LogP contribution in [0.1, 0.15) is 28.0 Å². The first-order valence-electron chi connectivity index (χ1n) is 6.98. The average Bonchev–Trinajstić information content (AvgIpc) is 3.02. The molecule has 1 aromatic heterocycles. The van der Waals surface area contributed by atoms with Gasteiger partial charge in [0.25, 0.3) is 5.91 Å².